The first kappa shape index (κ1) is 15.7. The van der Waals surface area contributed by atoms with Crippen LogP contribution in [0, 0.1) is 10.8 Å². The summed E-state index contributed by atoms with van der Waals surface area (Å²) in [5, 5.41) is 7.48. The number of esters is 1. The van der Waals surface area contributed by atoms with Gasteiger partial charge in [-0.05, 0) is 27.7 Å². The van der Waals surface area contributed by atoms with Crippen molar-refractivity contribution in [1.29, 1.82) is 5.41 Å². The Morgan fingerprint density at radius 2 is 1.64 bits per heavy atom. The third-order valence-electron chi connectivity index (χ3n) is 1.64. The zero-order valence-electron chi connectivity index (χ0n) is 9.05. The number of carbonyl (C=O) groups is 1. The van der Waals surface area contributed by atoms with Crippen molar-refractivity contribution in [3.05, 3.63) is 0 Å². The molecule has 4 nitrogen and oxygen atoms in total. The summed E-state index contributed by atoms with van der Waals surface area (Å²) in [4.78, 5) is 11.3. The second kappa shape index (κ2) is 6.65. The van der Waals surface area contributed by atoms with Gasteiger partial charge in [-0.2, -0.15) is 0 Å². The number of nitrogens with one attached hydrogen (secondary N) is 1. The van der Waals surface area contributed by atoms with E-state index in [1.165, 1.54) is 0 Å². The largest absolute Gasteiger partial charge is 0.481 e. The molecule has 14 heavy (non-hydrogen) atoms. The highest BCUT2D eigenvalue weighted by Crippen LogP contribution is 2.19. The van der Waals surface area contributed by atoms with E-state index in [0.29, 0.717) is 13.2 Å². The summed E-state index contributed by atoms with van der Waals surface area (Å²) in [5.41, 5.74) is -0.980. The van der Waals surface area contributed by atoms with Gasteiger partial charge in [0.05, 0.1) is 13.2 Å². The fourth-order valence-electron chi connectivity index (χ4n) is 0.729. The SMILES string of the molecule is CCOC(=N)C(C)(C)C(=O)OCC.Cl. The van der Waals surface area contributed by atoms with E-state index in [9.17, 15) is 4.79 Å². The molecule has 0 fully saturated rings. The summed E-state index contributed by atoms with van der Waals surface area (Å²) in [5.74, 6) is -0.470. The first-order valence-electron chi connectivity index (χ1n) is 4.35. The van der Waals surface area contributed by atoms with Gasteiger partial charge < -0.3 is 9.47 Å². The second-order valence-corrected chi connectivity index (χ2v) is 3.11. The Labute approximate surface area is 90.9 Å². The Kier molecular flexibility index (Phi) is 7.45. The summed E-state index contributed by atoms with van der Waals surface area (Å²) in [6.45, 7) is 7.45. The molecule has 0 amide bonds. The zero-order valence-corrected chi connectivity index (χ0v) is 9.86. The molecule has 0 unspecified atom stereocenters. The van der Waals surface area contributed by atoms with Crippen molar-refractivity contribution in [2.45, 2.75) is 27.7 Å². The summed E-state index contributed by atoms with van der Waals surface area (Å²) in [6, 6.07) is 0. The van der Waals surface area contributed by atoms with Gasteiger partial charge >= 0.3 is 5.97 Å². The van der Waals surface area contributed by atoms with E-state index in [1.54, 1.807) is 27.7 Å². The number of hydrogen-bond acceptors (Lipinski definition) is 4. The molecule has 0 aliphatic rings. The van der Waals surface area contributed by atoms with Crippen LogP contribution >= 0.6 is 12.4 Å². The first-order valence-corrected chi connectivity index (χ1v) is 4.35. The van der Waals surface area contributed by atoms with Gasteiger partial charge in [-0.15, -0.1) is 12.4 Å². The van der Waals surface area contributed by atoms with E-state index < -0.39 is 11.4 Å². The Balaban J connectivity index is 0. The molecule has 0 radical (unpaired) electrons. The van der Waals surface area contributed by atoms with Crippen molar-refractivity contribution in [3.8, 4) is 0 Å². The average molecular weight is 224 g/mol. The molecule has 0 aromatic heterocycles. The monoisotopic (exact) mass is 223 g/mol. The summed E-state index contributed by atoms with van der Waals surface area (Å²) < 4.78 is 9.77. The van der Waals surface area contributed by atoms with Crippen molar-refractivity contribution < 1.29 is 14.3 Å². The van der Waals surface area contributed by atoms with Crippen molar-refractivity contribution in [1.82, 2.24) is 0 Å². The molecule has 0 rings (SSSR count). The van der Waals surface area contributed by atoms with E-state index in [4.69, 9.17) is 14.9 Å². The van der Waals surface area contributed by atoms with Gasteiger partial charge in [-0.1, -0.05) is 0 Å². The maximum atomic E-state index is 11.3. The molecule has 0 spiro atoms. The van der Waals surface area contributed by atoms with Crippen molar-refractivity contribution in [3.63, 3.8) is 0 Å². The highest BCUT2D eigenvalue weighted by Gasteiger charge is 2.35. The summed E-state index contributed by atoms with van der Waals surface area (Å²) in [7, 11) is 0. The van der Waals surface area contributed by atoms with Crippen LogP contribution in [-0.2, 0) is 14.3 Å². The molecule has 0 saturated carbocycles. The highest BCUT2D eigenvalue weighted by atomic mass is 35.5. The van der Waals surface area contributed by atoms with Gasteiger partial charge in [0.25, 0.3) is 0 Å². The van der Waals surface area contributed by atoms with E-state index in [-0.39, 0.29) is 18.3 Å². The van der Waals surface area contributed by atoms with Gasteiger partial charge in [-0.3, -0.25) is 10.2 Å². The molecule has 0 heterocycles. The van der Waals surface area contributed by atoms with Crippen LogP contribution < -0.4 is 0 Å². The lowest BCUT2D eigenvalue weighted by Gasteiger charge is -2.22. The van der Waals surface area contributed by atoms with Gasteiger partial charge in [0.15, 0.2) is 5.90 Å². The predicted molar refractivity (Wildman–Crippen MR) is 57.0 cm³/mol. The minimum absolute atomic E-state index is 0. The third kappa shape index (κ3) is 3.96. The molecule has 1 N–H and O–H groups in total. The van der Waals surface area contributed by atoms with Gasteiger partial charge in [-0.25, -0.2) is 0 Å². The maximum absolute atomic E-state index is 11.3. The van der Waals surface area contributed by atoms with Crippen LogP contribution in [0.15, 0.2) is 0 Å². The molecule has 0 saturated heterocycles. The van der Waals surface area contributed by atoms with Crippen LogP contribution in [0.5, 0.6) is 0 Å². The summed E-state index contributed by atoms with van der Waals surface area (Å²) in [6.07, 6.45) is 0. The number of carbonyl (C=O) groups excluding carboxylic acids is 1. The molecular formula is C9H18ClNO3. The van der Waals surface area contributed by atoms with E-state index >= 15 is 0 Å². The molecule has 84 valence electrons. The van der Waals surface area contributed by atoms with Gasteiger partial charge in [0.1, 0.15) is 5.41 Å². The van der Waals surface area contributed by atoms with Crippen LogP contribution in [0.2, 0.25) is 0 Å². The zero-order chi connectivity index (χ0) is 10.5. The van der Waals surface area contributed by atoms with Crippen LogP contribution in [0.1, 0.15) is 27.7 Å². The smallest absolute Gasteiger partial charge is 0.320 e. The van der Waals surface area contributed by atoms with Crippen molar-refractivity contribution in [2.24, 2.45) is 5.41 Å². The normalized spacial score (nSPS) is 10.0. The van der Waals surface area contributed by atoms with Crippen LogP contribution in [0.25, 0.3) is 0 Å². The van der Waals surface area contributed by atoms with Crippen LogP contribution in [-0.4, -0.2) is 25.1 Å². The molecule has 0 aromatic carbocycles. The Hall–Kier alpha value is -0.770. The number of halogens is 1. The predicted octanol–water partition coefficient (Wildman–Crippen LogP) is 2.01. The molecule has 0 aliphatic carbocycles. The molecule has 0 bridgehead atoms. The van der Waals surface area contributed by atoms with E-state index in [0.717, 1.165) is 0 Å². The molecule has 0 aliphatic heterocycles. The average Bonchev–Trinajstić information content (AvgIpc) is 2.05. The minimum atomic E-state index is -0.980. The Morgan fingerprint density at radius 1 is 1.21 bits per heavy atom. The second-order valence-electron chi connectivity index (χ2n) is 3.11. The van der Waals surface area contributed by atoms with E-state index in [1.807, 2.05) is 0 Å². The lowest BCUT2D eigenvalue weighted by atomic mass is 9.93. The topological polar surface area (TPSA) is 59.4 Å². The number of rotatable bonds is 4. The molecule has 5 heteroatoms. The van der Waals surface area contributed by atoms with Gasteiger partial charge in [0.2, 0.25) is 0 Å². The number of hydrogen-bond donors (Lipinski definition) is 1. The lowest BCUT2D eigenvalue weighted by Crippen LogP contribution is -2.36. The minimum Gasteiger partial charge on any atom is -0.481 e. The lowest BCUT2D eigenvalue weighted by molar-refractivity contribution is -0.150. The molecular weight excluding hydrogens is 206 g/mol. The third-order valence-corrected chi connectivity index (χ3v) is 1.64. The Bertz CT molecular complexity index is 184. The fourth-order valence-corrected chi connectivity index (χ4v) is 0.729. The fraction of sp³-hybridized carbons (Fsp3) is 0.778. The first-order chi connectivity index (χ1) is 5.96. The van der Waals surface area contributed by atoms with E-state index in [2.05, 4.69) is 0 Å². The number of ether oxygens (including phenoxy) is 2. The maximum Gasteiger partial charge on any atom is 0.320 e. The quantitative estimate of drug-likeness (QED) is 0.451. The van der Waals surface area contributed by atoms with Crippen LogP contribution in [0.3, 0.4) is 0 Å². The molecule has 0 atom stereocenters. The summed E-state index contributed by atoms with van der Waals surface area (Å²) >= 11 is 0. The Morgan fingerprint density at radius 3 is 2.00 bits per heavy atom. The van der Waals surface area contributed by atoms with Crippen molar-refractivity contribution >= 4 is 24.3 Å². The van der Waals surface area contributed by atoms with Crippen molar-refractivity contribution in [2.75, 3.05) is 13.2 Å². The standard InChI is InChI=1S/C9H17NO3.ClH/c1-5-12-7(10)9(3,4)8(11)13-6-2;/h10H,5-6H2,1-4H3;1H. The van der Waals surface area contributed by atoms with Gasteiger partial charge in [0, 0.05) is 0 Å². The van der Waals surface area contributed by atoms with Crippen LogP contribution in [0.4, 0.5) is 0 Å². The molecule has 0 aromatic rings. The highest BCUT2D eigenvalue weighted by molar-refractivity contribution is 6.00.